The maximum Gasteiger partial charge on any atom is 0.326 e. The Kier molecular flexibility index (Phi) is 5.12. The SMILES string of the molecule is O=C(Nc1ccc(O)c(Cc2ccccc2)c1)N1CCCCc2sccc21. The molecular formula is C22H22N2O2S. The van der Waals surface area contributed by atoms with Crippen LogP contribution in [0.15, 0.2) is 60.0 Å². The van der Waals surface area contributed by atoms with E-state index in [1.54, 1.807) is 23.5 Å². The molecule has 2 N–H and O–H groups in total. The Morgan fingerprint density at radius 1 is 1.11 bits per heavy atom. The molecule has 0 spiro atoms. The lowest BCUT2D eigenvalue weighted by molar-refractivity contribution is 0.257. The summed E-state index contributed by atoms with van der Waals surface area (Å²) >= 11 is 1.72. The zero-order valence-electron chi connectivity index (χ0n) is 15.0. The van der Waals surface area contributed by atoms with Gasteiger partial charge in [0.15, 0.2) is 0 Å². The van der Waals surface area contributed by atoms with Gasteiger partial charge in [-0.3, -0.25) is 4.90 Å². The van der Waals surface area contributed by atoms with Crippen LogP contribution in [0.4, 0.5) is 16.2 Å². The molecule has 5 heteroatoms. The van der Waals surface area contributed by atoms with E-state index in [2.05, 4.69) is 10.7 Å². The average Bonchev–Trinajstić information content (AvgIpc) is 3.04. The van der Waals surface area contributed by atoms with Crippen molar-refractivity contribution in [3.63, 3.8) is 0 Å². The van der Waals surface area contributed by atoms with Crippen LogP contribution in [-0.4, -0.2) is 17.7 Å². The van der Waals surface area contributed by atoms with E-state index < -0.39 is 0 Å². The van der Waals surface area contributed by atoms with Gasteiger partial charge in [0.25, 0.3) is 0 Å². The zero-order chi connectivity index (χ0) is 18.6. The minimum Gasteiger partial charge on any atom is -0.508 e. The number of carbonyl (C=O) groups is 1. The highest BCUT2D eigenvalue weighted by Crippen LogP contribution is 2.32. The first-order valence-electron chi connectivity index (χ1n) is 9.21. The maximum atomic E-state index is 12.9. The molecule has 0 saturated carbocycles. The number of fused-ring (bicyclic) bond motifs is 1. The third-order valence-electron chi connectivity index (χ3n) is 4.86. The molecule has 2 aromatic carbocycles. The second kappa shape index (κ2) is 7.84. The second-order valence-electron chi connectivity index (χ2n) is 6.77. The van der Waals surface area contributed by atoms with Gasteiger partial charge < -0.3 is 10.4 Å². The number of carbonyl (C=O) groups excluding carboxylic acids is 1. The first kappa shape index (κ1) is 17.6. The molecule has 0 saturated heterocycles. The van der Waals surface area contributed by atoms with Gasteiger partial charge in [-0.15, -0.1) is 11.3 Å². The Morgan fingerprint density at radius 2 is 1.96 bits per heavy atom. The number of amides is 2. The van der Waals surface area contributed by atoms with Crippen LogP contribution in [0.3, 0.4) is 0 Å². The molecule has 1 aromatic heterocycles. The van der Waals surface area contributed by atoms with Crippen LogP contribution in [0.25, 0.3) is 0 Å². The summed E-state index contributed by atoms with van der Waals surface area (Å²) in [5, 5.41) is 15.3. The molecule has 0 aliphatic carbocycles. The second-order valence-corrected chi connectivity index (χ2v) is 7.77. The van der Waals surface area contributed by atoms with Crippen molar-refractivity contribution in [2.75, 3.05) is 16.8 Å². The van der Waals surface area contributed by atoms with E-state index in [9.17, 15) is 9.90 Å². The summed E-state index contributed by atoms with van der Waals surface area (Å²) < 4.78 is 0. The largest absolute Gasteiger partial charge is 0.508 e. The van der Waals surface area contributed by atoms with Crippen molar-refractivity contribution in [3.05, 3.63) is 76.0 Å². The summed E-state index contributed by atoms with van der Waals surface area (Å²) in [5.74, 6) is 0.242. The van der Waals surface area contributed by atoms with Gasteiger partial charge in [-0.2, -0.15) is 0 Å². The molecule has 4 rings (SSSR count). The predicted octanol–water partition coefficient (Wildman–Crippen LogP) is 5.42. The van der Waals surface area contributed by atoms with Gasteiger partial charge in [-0.25, -0.2) is 4.79 Å². The minimum atomic E-state index is -0.118. The molecule has 4 nitrogen and oxygen atoms in total. The van der Waals surface area contributed by atoms with E-state index >= 15 is 0 Å². The number of thiophene rings is 1. The lowest BCUT2D eigenvalue weighted by atomic mass is 10.0. The van der Waals surface area contributed by atoms with Gasteiger partial charge in [-0.05, 0) is 54.5 Å². The first-order valence-corrected chi connectivity index (χ1v) is 10.1. The molecule has 0 bridgehead atoms. The third-order valence-corrected chi connectivity index (χ3v) is 5.83. The lowest BCUT2D eigenvalue weighted by Gasteiger charge is -2.21. The number of phenols is 1. The number of hydrogen-bond acceptors (Lipinski definition) is 3. The molecule has 3 aromatic rings. The van der Waals surface area contributed by atoms with Crippen molar-refractivity contribution >= 4 is 28.7 Å². The molecule has 1 aliphatic heterocycles. The monoisotopic (exact) mass is 378 g/mol. The van der Waals surface area contributed by atoms with Gasteiger partial charge in [0.1, 0.15) is 5.75 Å². The summed E-state index contributed by atoms with van der Waals surface area (Å²) in [6.07, 6.45) is 3.77. The number of anilines is 2. The van der Waals surface area contributed by atoms with Crippen LogP contribution in [0.1, 0.15) is 28.8 Å². The zero-order valence-corrected chi connectivity index (χ0v) is 15.8. The Labute approximate surface area is 163 Å². The molecule has 0 atom stereocenters. The van der Waals surface area contributed by atoms with Crippen molar-refractivity contribution in [2.45, 2.75) is 25.7 Å². The number of aryl methyl sites for hydroxylation is 1. The van der Waals surface area contributed by atoms with Gasteiger partial charge in [0.05, 0.1) is 5.69 Å². The van der Waals surface area contributed by atoms with Gasteiger partial charge >= 0.3 is 6.03 Å². The number of benzene rings is 2. The minimum absolute atomic E-state index is 0.118. The van der Waals surface area contributed by atoms with Crippen molar-refractivity contribution in [1.29, 1.82) is 0 Å². The highest BCUT2D eigenvalue weighted by atomic mass is 32.1. The fourth-order valence-corrected chi connectivity index (χ4v) is 4.38. The summed E-state index contributed by atoms with van der Waals surface area (Å²) in [5.41, 5.74) is 3.64. The molecular weight excluding hydrogens is 356 g/mol. The molecule has 2 heterocycles. The van der Waals surface area contributed by atoms with Crippen molar-refractivity contribution in [2.24, 2.45) is 0 Å². The quantitative estimate of drug-likeness (QED) is 0.598. The molecule has 1 aliphatic rings. The molecule has 27 heavy (non-hydrogen) atoms. The number of urea groups is 1. The average molecular weight is 378 g/mol. The van der Waals surface area contributed by atoms with Crippen LogP contribution in [0.2, 0.25) is 0 Å². The Morgan fingerprint density at radius 3 is 2.81 bits per heavy atom. The number of aromatic hydroxyl groups is 1. The molecule has 0 radical (unpaired) electrons. The van der Waals surface area contributed by atoms with Gasteiger partial charge in [0.2, 0.25) is 0 Å². The summed E-state index contributed by atoms with van der Waals surface area (Å²) in [6, 6.07) is 17.1. The molecule has 0 fully saturated rings. The van der Waals surface area contributed by atoms with Crippen molar-refractivity contribution in [1.82, 2.24) is 0 Å². The smallest absolute Gasteiger partial charge is 0.326 e. The number of phenolic OH excluding ortho intramolecular Hbond substituents is 1. The van der Waals surface area contributed by atoms with E-state index in [1.807, 2.05) is 47.4 Å². The highest BCUT2D eigenvalue weighted by molar-refractivity contribution is 7.10. The van der Waals surface area contributed by atoms with Crippen molar-refractivity contribution < 1.29 is 9.90 Å². The van der Waals surface area contributed by atoms with E-state index in [1.165, 1.54) is 4.88 Å². The number of rotatable bonds is 3. The maximum absolute atomic E-state index is 12.9. The fourth-order valence-electron chi connectivity index (χ4n) is 3.46. The van der Waals surface area contributed by atoms with Crippen LogP contribution in [0.5, 0.6) is 5.75 Å². The molecule has 0 unspecified atom stereocenters. The van der Waals surface area contributed by atoms with Gasteiger partial charge in [0, 0.05) is 29.1 Å². The van der Waals surface area contributed by atoms with E-state index in [0.29, 0.717) is 12.1 Å². The van der Waals surface area contributed by atoms with Gasteiger partial charge in [-0.1, -0.05) is 30.3 Å². The Bertz CT molecular complexity index is 936. The Balaban J connectivity index is 1.53. The van der Waals surface area contributed by atoms with E-state index in [4.69, 9.17) is 0 Å². The lowest BCUT2D eigenvalue weighted by Crippen LogP contribution is -2.35. The third kappa shape index (κ3) is 3.98. The van der Waals surface area contributed by atoms with Crippen LogP contribution < -0.4 is 10.2 Å². The summed E-state index contributed by atoms with van der Waals surface area (Å²) in [6.45, 7) is 0.727. The summed E-state index contributed by atoms with van der Waals surface area (Å²) in [7, 11) is 0. The Hall–Kier alpha value is -2.79. The molecule has 138 valence electrons. The predicted molar refractivity (Wildman–Crippen MR) is 111 cm³/mol. The van der Waals surface area contributed by atoms with Crippen molar-refractivity contribution in [3.8, 4) is 5.75 Å². The van der Waals surface area contributed by atoms with Crippen LogP contribution >= 0.6 is 11.3 Å². The number of hydrogen-bond donors (Lipinski definition) is 2. The van der Waals surface area contributed by atoms with E-state index in [0.717, 1.165) is 42.6 Å². The number of nitrogens with zero attached hydrogens (tertiary/aromatic N) is 1. The number of nitrogens with one attached hydrogen (secondary N) is 1. The normalized spacial score (nSPS) is 13.7. The van der Waals surface area contributed by atoms with E-state index in [-0.39, 0.29) is 11.8 Å². The van der Waals surface area contributed by atoms with Crippen LogP contribution in [-0.2, 0) is 12.8 Å². The fraction of sp³-hybridized carbons (Fsp3) is 0.227. The topological polar surface area (TPSA) is 52.6 Å². The molecule has 2 amide bonds. The van der Waals surface area contributed by atoms with Crippen LogP contribution in [0, 0.1) is 0 Å². The summed E-state index contributed by atoms with van der Waals surface area (Å²) in [4.78, 5) is 16.0. The highest BCUT2D eigenvalue weighted by Gasteiger charge is 2.22. The standard InChI is InChI=1S/C22H22N2O2S/c25-20-10-9-18(15-17(20)14-16-6-2-1-3-7-16)23-22(26)24-12-5-4-8-21-19(24)11-13-27-21/h1-3,6-7,9-11,13,15,25H,4-5,8,12,14H2,(H,23,26). The first-order chi connectivity index (χ1) is 13.2.